The number of aryl methyl sites for hydroxylation is 1. The summed E-state index contributed by atoms with van der Waals surface area (Å²) in [5, 5.41) is 3.48. The van der Waals surface area contributed by atoms with E-state index in [4.69, 9.17) is 4.74 Å². The Morgan fingerprint density at radius 2 is 1.82 bits per heavy atom. The minimum absolute atomic E-state index is 0.182. The molecule has 2 aromatic carbocycles. The van der Waals surface area contributed by atoms with Gasteiger partial charge in [-0.3, -0.25) is 9.71 Å². The number of nitrogens with zero attached hydrogens (tertiary/aromatic N) is 2. The Morgan fingerprint density at radius 1 is 1.09 bits per heavy atom. The van der Waals surface area contributed by atoms with Crippen LogP contribution in [-0.2, 0) is 10.0 Å². The third kappa shape index (κ3) is 5.15. The zero-order valence-corrected chi connectivity index (χ0v) is 20.5. The molecule has 2 atom stereocenters. The van der Waals surface area contributed by atoms with Gasteiger partial charge in [-0.05, 0) is 69.3 Å². The molecule has 4 rings (SSSR count). The fraction of sp³-hybridized carbons (Fsp3) is 0.320. The summed E-state index contributed by atoms with van der Waals surface area (Å²) in [5.41, 5.74) is 2.61. The molecule has 0 bridgehead atoms. The highest BCUT2D eigenvalue weighted by molar-refractivity contribution is 7.92. The van der Waals surface area contributed by atoms with Crippen LogP contribution in [0.25, 0.3) is 11.3 Å². The Labute approximate surface area is 200 Å². The molecule has 2 unspecified atom stereocenters. The van der Waals surface area contributed by atoms with Gasteiger partial charge in [0.05, 0.1) is 23.4 Å². The number of hydrogen-bond acceptors (Lipinski definition) is 6. The predicted octanol–water partition coefficient (Wildman–Crippen LogP) is 4.19. The van der Waals surface area contributed by atoms with Crippen LogP contribution in [-0.4, -0.2) is 45.7 Å². The molecule has 0 aliphatic carbocycles. The molecule has 0 saturated carbocycles. The third-order valence-corrected chi connectivity index (χ3v) is 7.13. The summed E-state index contributed by atoms with van der Waals surface area (Å²) in [6.07, 6.45) is 0. The summed E-state index contributed by atoms with van der Waals surface area (Å²) in [4.78, 5) is 6.34. The van der Waals surface area contributed by atoms with Crippen molar-refractivity contribution in [3.63, 3.8) is 0 Å². The lowest BCUT2D eigenvalue weighted by molar-refractivity contribution is 0.406. The average Bonchev–Trinajstić information content (AvgIpc) is 2.78. The van der Waals surface area contributed by atoms with Crippen molar-refractivity contribution in [3.8, 4) is 17.0 Å². The minimum atomic E-state index is -4.07. The van der Waals surface area contributed by atoms with Crippen LogP contribution in [0, 0.1) is 12.7 Å². The lowest BCUT2D eigenvalue weighted by atomic mass is 10.1. The maximum Gasteiger partial charge on any atom is 0.262 e. The van der Waals surface area contributed by atoms with Gasteiger partial charge < -0.3 is 15.0 Å². The first-order chi connectivity index (χ1) is 16.2. The number of aromatic nitrogens is 1. The number of benzene rings is 2. The number of piperazine rings is 1. The largest absolute Gasteiger partial charge is 0.495 e. The van der Waals surface area contributed by atoms with Gasteiger partial charge in [-0.2, -0.15) is 0 Å². The first-order valence-electron chi connectivity index (χ1n) is 11.1. The van der Waals surface area contributed by atoms with Crippen LogP contribution in [0.15, 0.2) is 59.5 Å². The number of nitrogens with one attached hydrogen (secondary N) is 2. The highest BCUT2D eigenvalue weighted by atomic mass is 32.2. The standard InChI is InChI=1S/C25H29FN4O3S/c1-16-6-5-7-23(28-16)21-10-9-20(13-22(21)26)34(31,32)29-24-12-19(8-11-25(24)33-4)30-14-17(2)27-18(3)15-30/h5-13,17-18,27,29H,14-15H2,1-4H3. The van der Waals surface area contributed by atoms with Crippen molar-refractivity contribution in [1.29, 1.82) is 0 Å². The van der Waals surface area contributed by atoms with Gasteiger partial charge in [0, 0.05) is 42.1 Å². The molecule has 1 aliphatic heterocycles. The summed E-state index contributed by atoms with van der Waals surface area (Å²) in [6.45, 7) is 7.62. The molecule has 180 valence electrons. The topological polar surface area (TPSA) is 83.6 Å². The molecule has 0 spiro atoms. The number of pyridine rings is 1. The van der Waals surface area contributed by atoms with E-state index >= 15 is 0 Å². The van der Waals surface area contributed by atoms with E-state index in [9.17, 15) is 12.8 Å². The molecule has 0 radical (unpaired) electrons. The molecule has 3 aromatic rings. The van der Waals surface area contributed by atoms with E-state index in [0.29, 0.717) is 29.2 Å². The number of ether oxygens (including phenoxy) is 1. The van der Waals surface area contributed by atoms with Gasteiger partial charge in [0.25, 0.3) is 10.0 Å². The van der Waals surface area contributed by atoms with E-state index in [1.165, 1.54) is 19.2 Å². The second-order valence-corrected chi connectivity index (χ2v) is 10.4. The van der Waals surface area contributed by atoms with Crippen molar-refractivity contribution in [2.75, 3.05) is 29.8 Å². The Bertz CT molecular complexity index is 1290. The third-order valence-electron chi connectivity index (χ3n) is 5.77. The summed E-state index contributed by atoms with van der Waals surface area (Å²) >= 11 is 0. The number of methoxy groups -OCH3 is 1. The van der Waals surface area contributed by atoms with E-state index in [0.717, 1.165) is 30.5 Å². The maximum absolute atomic E-state index is 14.9. The van der Waals surface area contributed by atoms with Crippen LogP contribution in [0.5, 0.6) is 5.75 Å². The maximum atomic E-state index is 14.9. The number of sulfonamides is 1. The lowest BCUT2D eigenvalue weighted by Crippen LogP contribution is -2.54. The molecule has 2 heterocycles. The second-order valence-electron chi connectivity index (χ2n) is 8.67. The quantitative estimate of drug-likeness (QED) is 0.546. The van der Waals surface area contributed by atoms with Crippen molar-refractivity contribution in [2.45, 2.75) is 37.8 Å². The van der Waals surface area contributed by atoms with Gasteiger partial charge in [0.2, 0.25) is 0 Å². The molecular weight excluding hydrogens is 455 g/mol. The SMILES string of the molecule is COc1ccc(N2CC(C)NC(C)C2)cc1NS(=O)(=O)c1ccc(-c2cccc(C)n2)c(F)c1. The first-order valence-corrected chi connectivity index (χ1v) is 12.6. The van der Waals surface area contributed by atoms with Crippen molar-refractivity contribution < 1.29 is 17.5 Å². The summed E-state index contributed by atoms with van der Waals surface area (Å²) < 4.78 is 49.1. The van der Waals surface area contributed by atoms with Gasteiger partial charge >= 0.3 is 0 Å². The van der Waals surface area contributed by atoms with Crippen molar-refractivity contribution in [3.05, 3.63) is 66.1 Å². The molecular formula is C25H29FN4O3S. The van der Waals surface area contributed by atoms with E-state index in [1.807, 2.05) is 19.1 Å². The lowest BCUT2D eigenvalue weighted by Gasteiger charge is -2.38. The van der Waals surface area contributed by atoms with Crippen LogP contribution in [0.1, 0.15) is 19.5 Å². The van der Waals surface area contributed by atoms with Crippen molar-refractivity contribution >= 4 is 21.4 Å². The molecule has 0 amide bonds. The van der Waals surface area contributed by atoms with Crippen molar-refractivity contribution in [1.82, 2.24) is 10.3 Å². The second kappa shape index (κ2) is 9.60. The first kappa shape index (κ1) is 24.0. The van der Waals surface area contributed by atoms with Gasteiger partial charge in [0.1, 0.15) is 11.6 Å². The number of hydrogen-bond donors (Lipinski definition) is 2. The van der Waals surface area contributed by atoms with Crippen LogP contribution in [0.3, 0.4) is 0 Å². The van der Waals surface area contributed by atoms with Crippen LogP contribution in [0.4, 0.5) is 15.8 Å². The zero-order chi connectivity index (χ0) is 24.5. The molecule has 1 aromatic heterocycles. The van der Waals surface area contributed by atoms with Gasteiger partial charge in [0.15, 0.2) is 0 Å². The minimum Gasteiger partial charge on any atom is -0.495 e. The Morgan fingerprint density at radius 3 is 2.47 bits per heavy atom. The predicted molar refractivity (Wildman–Crippen MR) is 132 cm³/mol. The fourth-order valence-electron chi connectivity index (χ4n) is 4.28. The summed E-state index contributed by atoms with van der Waals surface area (Å²) in [6, 6.07) is 15.1. The van der Waals surface area contributed by atoms with Gasteiger partial charge in [-0.1, -0.05) is 6.07 Å². The molecule has 7 nitrogen and oxygen atoms in total. The highest BCUT2D eigenvalue weighted by Crippen LogP contribution is 2.33. The van der Waals surface area contributed by atoms with Gasteiger partial charge in [-0.15, -0.1) is 0 Å². The van der Waals surface area contributed by atoms with Crippen LogP contribution < -0.4 is 19.7 Å². The average molecular weight is 485 g/mol. The van der Waals surface area contributed by atoms with E-state index in [2.05, 4.69) is 33.8 Å². The van der Waals surface area contributed by atoms with Crippen LogP contribution in [0.2, 0.25) is 0 Å². The molecule has 1 aliphatic rings. The summed E-state index contributed by atoms with van der Waals surface area (Å²) in [5.74, 6) is -0.282. The monoisotopic (exact) mass is 484 g/mol. The zero-order valence-electron chi connectivity index (χ0n) is 19.7. The van der Waals surface area contributed by atoms with Gasteiger partial charge in [-0.25, -0.2) is 12.8 Å². The molecule has 9 heteroatoms. The Kier molecular flexibility index (Phi) is 6.77. The van der Waals surface area contributed by atoms with Crippen molar-refractivity contribution in [2.24, 2.45) is 0 Å². The Hall–Kier alpha value is -3.17. The normalized spacial score (nSPS) is 18.6. The Balaban J connectivity index is 1.63. The van der Waals surface area contributed by atoms with E-state index < -0.39 is 15.8 Å². The van der Waals surface area contributed by atoms with E-state index in [-0.39, 0.29) is 10.5 Å². The fourth-order valence-corrected chi connectivity index (χ4v) is 5.35. The highest BCUT2D eigenvalue weighted by Gasteiger charge is 2.24. The molecule has 2 N–H and O–H groups in total. The van der Waals surface area contributed by atoms with Crippen LogP contribution >= 0.6 is 0 Å². The van der Waals surface area contributed by atoms with E-state index in [1.54, 1.807) is 24.3 Å². The smallest absolute Gasteiger partial charge is 0.262 e. The number of halogens is 1. The molecule has 1 fully saturated rings. The summed E-state index contributed by atoms with van der Waals surface area (Å²) in [7, 11) is -2.59. The molecule has 1 saturated heterocycles. The molecule has 34 heavy (non-hydrogen) atoms. The number of rotatable bonds is 6. The number of anilines is 2.